The number of hydrogen-bond acceptors (Lipinski definition) is 4. The Hall–Kier alpha value is -0.990. The highest BCUT2D eigenvalue weighted by atomic mass is 32.2. The van der Waals surface area contributed by atoms with Crippen LogP contribution in [-0.2, 0) is 4.79 Å². The maximum Gasteiger partial charge on any atom is 0.285 e. The Morgan fingerprint density at radius 2 is 2.46 bits per heavy atom. The third-order valence-corrected chi connectivity index (χ3v) is 2.72. The van der Waals surface area contributed by atoms with Crippen molar-refractivity contribution in [1.29, 1.82) is 0 Å². The number of carbonyl (C=O) groups excluding carboxylic acids is 2. The van der Waals surface area contributed by atoms with Crippen LogP contribution >= 0.6 is 11.8 Å². The topological polar surface area (TPSA) is 72.2 Å². The monoisotopic (exact) mass is 198 g/mol. The lowest BCUT2D eigenvalue weighted by molar-refractivity contribution is -0.123. The first kappa shape index (κ1) is 10.1. The summed E-state index contributed by atoms with van der Waals surface area (Å²) in [5.41, 5.74) is 5.67. The van der Waals surface area contributed by atoms with Crippen LogP contribution in [0.25, 0.3) is 0 Å². The summed E-state index contributed by atoms with van der Waals surface area (Å²) in [6.45, 7) is 0. The van der Waals surface area contributed by atoms with Crippen molar-refractivity contribution < 1.29 is 9.59 Å². The molecule has 4 nitrogen and oxygen atoms in total. The molecule has 0 aromatic heterocycles. The number of imide groups is 1. The third-order valence-electron chi connectivity index (χ3n) is 1.83. The molecule has 0 saturated carbocycles. The summed E-state index contributed by atoms with van der Waals surface area (Å²) in [5.74, 6) is 2.16. The van der Waals surface area contributed by atoms with E-state index in [1.54, 1.807) is 0 Å². The van der Waals surface area contributed by atoms with E-state index in [0.29, 0.717) is 12.2 Å². The minimum Gasteiger partial charge on any atom is -0.326 e. The first-order valence-electron chi connectivity index (χ1n) is 3.82. The molecule has 2 unspecified atom stereocenters. The van der Waals surface area contributed by atoms with Crippen LogP contribution in [0.2, 0.25) is 0 Å². The van der Waals surface area contributed by atoms with Crippen molar-refractivity contribution in [2.45, 2.75) is 12.5 Å². The molecule has 0 radical (unpaired) electrons. The normalized spacial score (nSPS) is 24.8. The second-order valence-electron chi connectivity index (χ2n) is 2.77. The fourth-order valence-electron chi connectivity index (χ4n) is 1.07. The lowest BCUT2D eigenvalue weighted by atomic mass is 9.99. The van der Waals surface area contributed by atoms with Gasteiger partial charge in [0.25, 0.3) is 5.24 Å². The minimum absolute atomic E-state index is 0.311. The molecule has 1 aliphatic rings. The zero-order chi connectivity index (χ0) is 9.84. The van der Waals surface area contributed by atoms with E-state index in [0.717, 1.165) is 11.8 Å². The highest BCUT2D eigenvalue weighted by molar-refractivity contribution is 8.13. The second-order valence-corrected chi connectivity index (χ2v) is 3.76. The highest BCUT2D eigenvalue weighted by Crippen LogP contribution is 2.19. The van der Waals surface area contributed by atoms with Crippen molar-refractivity contribution in [3.05, 3.63) is 0 Å². The first-order chi connectivity index (χ1) is 6.15. The molecule has 1 heterocycles. The predicted octanol–water partition coefficient (Wildman–Crippen LogP) is -0.0638. The molecule has 0 aromatic rings. The Balaban J connectivity index is 2.56. The van der Waals surface area contributed by atoms with E-state index in [-0.39, 0.29) is 23.1 Å². The summed E-state index contributed by atoms with van der Waals surface area (Å²) in [6, 6.07) is -0.356. The molecule has 2 atom stereocenters. The molecule has 1 saturated heterocycles. The van der Waals surface area contributed by atoms with Crippen molar-refractivity contribution in [2.75, 3.05) is 5.75 Å². The molecular formula is C8H10N2O2S. The molecule has 5 heteroatoms. The summed E-state index contributed by atoms with van der Waals surface area (Å²) in [6.07, 6.45) is 5.43. The Morgan fingerprint density at radius 1 is 1.77 bits per heavy atom. The van der Waals surface area contributed by atoms with E-state index in [2.05, 4.69) is 11.2 Å². The van der Waals surface area contributed by atoms with Gasteiger partial charge in [0.2, 0.25) is 5.91 Å². The summed E-state index contributed by atoms with van der Waals surface area (Å²) in [4.78, 5) is 22.0. The fraction of sp³-hybridized carbons (Fsp3) is 0.500. The number of rotatable bonds is 2. The fourth-order valence-corrected chi connectivity index (χ4v) is 1.97. The van der Waals surface area contributed by atoms with Gasteiger partial charge in [0.05, 0.1) is 5.92 Å². The van der Waals surface area contributed by atoms with Crippen LogP contribution in [0.3, 0.4) is 0 Å². The lowest BCUT2D eigenvalue weighted by Gasteiger charge is -2.24. The molecule has 0 spiro atoms. The van der Waals surface area contributed by atoms with E-state index in [1.807, 2.05) is 0 Å². The standard InChI is InChI=1S/C8H10N2O2S/c1-2-3-6(9)5-4-13-8(12)10-7(5)11/h1,5-6H,3-4,9H2,(H,10,11,12). The van der Waals surface area contributed by atoms with Crippen LogP contribution in [0.1, 0.15) is 6.42 Å². The Morgan fingerprint density at radius 3 is 3.00 bits per heavy atom. The van der Waals surface area contributed by atoms with Gasteiger partial charge in [0.15, 0.2) is 0 Å². The molecular weight excluding hydrogens is 188 g/mol. The van der Waals surface area contributed by atoms with Gasteiger partial charge in [-0.05, 0) is 0 Å². The summed E-state index contributed by atoms with van der Waals surface area (Å²) in [7, 11) is 0. The van der Waals surface area contributed by atoms with Gasteiger partial charge >= 0.3 is 0 Å². The van der Waals surface area contributed by atoms with Crippen LogP contribution in [0.5, 0.6) is 0 Å². The van der Waals surface area contributed by atoms with Crippen molar-refractivity contribution in [1.82, 2.24) is 5.32 Å². The van der Waals surface area contributed by atoms with E-state index in [1.165, 1.54) is 0 Å². The third kappa shape index (κ3) is 2.47. The number of carbonyl (C=O) groups is 2. The summed E-state index contributed by atoms with van der Waals surface area (Å²) >= 11 is 1.06. The number of amides is 2. The Bertz CT molecular complexity index is 272. The molecule has 1 fully saturated rings. The zero-order valence-electron chi connectivity index (χ0n) is 6.95. The number of nitrogens with two attached hydrogens (primary N) is 1. The van der Waals surface area contributed by atoms with E-state index in [4.69, 9.17) is 12.2 Å². The van der Waals surface area contributed by atoms with Crippen molar-refractivity contribution in [2.24, 2.45) is 11.7 Å². The van der Waals surface area contributed by atoms with Gasteiger partial charge in [-0.3, -0.25) is 14.9 Å². The predicted molar refractivity (Wildman–Crippen MR) is 50.9 cm³/mol. The largest absolute Gasteiger partial charge is 0.326 e. The van der Waals surface area contributed by atoms with Gasteiger partial charge < -0.3 is 5.73 Å². The molecule has 70 valence electrons. The minimum atomic E-state index is -0.356. The van der Waals surface area contributed by atoms with Gasteiger partial charge in [0.1, 0.15) is 0 Å². The maximum absolute atomic E-state index is 11.2. The number of thioether (sulfide) groups is 1. The number of hydrogen-bond donors (Lipinski definition) is 2. The molecule has 0 aliphatic carbocycles. The average molecular weight is 198 g/mol. The molecule has 1 aliphatic heterocycles. The average Bonchev–Trinajstić information content (AvgIpc) is 2.04. The van der Waals surface area contributed by atoms with Crippen molar-refractivity contribution in [3.8, 4) is 12.3 Å². The smallest absolute Gasteiger partial charge is 0.285 e. The van der Waals surface area contributed by atoms with Gasteiger partial charge in [-0.25, -0.2) is 0 Å². The van der Waals surface area contributed by atoms with Gasteiger partial charge in [0, 0.05) is 18.2 Å². The molecule has 3 N–H and O–H groups in total. The van der Waals surface area contributed by atoms with Crippen molar-refractivity contribution >= 4 is 22.9 Å². The maximum atomic E-state index is 11.2. The van der Waals surface area contributed by atoms with Crippen LogP contribution < -0.4 is 11.1 Å². The van der Waals surface area contributed by atoms with E-state index < -0.39 is 0 Å². The van der Waals surface area contributed by atoms with E-state index >= 15 is 0 Å². The van der Waals surface area contributed by atoms with Crippen LogP contribution in [-0.4, -0.2) is 22.9 Å². The van der Waals surface area contributed by atoms with Crippen LogP contribution in [0.4, 0.5) is 4.79 Å². The summed E-state index contributed by atoms with van der Waals surface area (Å²) in [5, 5.41) is 1.89. The SMILES string of the molecule is C#CCC(N)C1CSC(=O)NC1=O. The molecule has 0 aromatic carbocycles. The zero-order valence-corrected chi connectivity index (χ0v) is 7.76. The Labute approximate surface area is 80.6 Å². The summed E-state index contributed by atoms with van der Waals surface area (Å²) < 4.78 is 0. The molecule has 2 amide bonds. The number of terminal acetylenes is 1. The molecule has 13 heavy (non-hydrogen) atoms. The van der Waals surface area contributed by atoms with Gasteiger partial charge in [-0.15, -0.1) is 12.3 Å². The lowest BCUT2D eigenvalue weighted by Crippen LogP contribution is -2.47. The second kappa shape index (κ2) is 4.30. The van der Waals surface area contributed by atoms with Gasteiger partial charge in [-0.1, -0.05) is 11.8 Å². The van der Waals surface area contributed by atoms with Gasteiger partial charge in [-0.2, -0.15) is 0 Å². The van der Waals surface area contributed by atoms with E-state index in [9.17, 15) is 9.59 Å². The van der Waals surface area contributed by atoms with Crippen LogP contribution in [0.15, 0.2) is 0 Å². The van der Waals surface area contributed by atoms with Crippen molar-refractivity contribution in [3.63, 3.8) is 0 Å². The van der Waals surface area contributed by atoms with Crippen LogP contribution in [0, 0.1) is 18.3 Å². The Kier molecular flexibility index (Phi) is 3.34. The highest BCUT2D eigenvalue weighted by Gasteiger charge is 2.31. The molecule has 1 rings (SSSR count). The quantitative estimate of drug-likeness (QED) is 0.609. The molecule has 0 bridgehead atoms. The number of nitrogens with one attached hydrogen (secondary N) is 1. The first-order valence-corrected chi connectivity index (χ1v) is 4.80.